The fourth-order valence-electron chi connectivity index (χ4n) is 2.30. The van der Waals surface area contributed by atoms with E-state index < -0.39 is 12.0 Å². The smallest absolute Gasteiger partial charge is 0.327 e. The third-order valence-electron chi connectivity index (χ3n) is 3.46. The van der Waals surface area contributed by atoms with Crippen molar-refractivity contribution in [2.75, 3.05) is 0 Å². The first-order valence-electron chi connectivity index (χ1n) is 6.88. The van der Waals surface area contributed by atoms with E-state index in [1.807, 2.05) is 31.2 Å². The van der Waals surface area contributed by atoms with Gasteiger partial charge in [-0.2, -0.15) is 0 Å². The van der Waals surface area contributed by atoms with E-state index in [1.54, 1.807) is 19.9 Å². The molecule has 1 fully saturated rings. The Morgan fingerprint density at radius 2 is 2.00 bits per heavy atom. The van der Waals surface area contributed by atoms with Gasteiger partial charge in [-0.25, -0.2) is 4.79 Å². The second kappa shape index (κ2) is 6.62. The second-order valence-electron chi connectivity index (χ2n) is 5.44. The number of carboxylic acids is 1. The molecule has 1 aromatic rings. The summed E-state index contributed by atoms with van der Waals surface area (Å²) in [7, 11) is 0. The van der Waals surface area contributed by atoms with Gasteiger partial charge in [-0.3, -0.25) is 9.69 Å². The summed E-state index contributed by atoms with van der Waals surface area (Å²) in [6.45, 7) is 5.49. The van der Waals surface area contributed by atoms with Gasteiger partial charge in [-0.1, -0.05) is 62.1 Å². The van der Waals surface area contributed by atoms with E-state index in [-0.39, 0.29) is 11.8 Å². The molecule has 4 nitrogen and oxygen atoms in total. The van der Waals surface area contributed by atoms with Crippen LogP contribution in [0, 0.1) is 12.8 Å². The predicted molar refractivity (Wildman–Crippen MR) is 92.5 cm³/mol. The molecule has 0 aromatic heterocycles. The minimum absolute atomic E-state index is 0.224. The number of hydrogen-bond donors (Lipinski definition) is 1. The Balaban J connectivity index is 2.37. The van der Waals surface area contributed by atoms with Crippen LogP contribution in [-0.2, 0) is 9.59 Å². The molecule has 0 spiro atoms. The Morgan fingerprint density at radius 3 is 2.55 bits per heavy atom. The van der Waals surface area contributed by atoms with E-state index in [2.05, 4.69) is 0 Å². The predicted octanol–water partition coefficient (Wildman–Crippen LogP) is 3.31. The zero-order chi connectivity index (χ0) is 16.4. The molecular weight excluding hydrogens is 318 g/mol. The van der Waals surface area contributed by atoms with Gasteiger partial charge in [0.25, 0.3) is 5.91 Å². The summed E-state index contributed by atoms with van der Waals surface area (Å²) in [6, 6.07) is 6.76. The maximum absolute atomic E-state index is 12.6. The van der Waals surface area contributed by atoms with Gasteiger partial charge in [-0.05, 0) is 30.0 Å². The van der Waals surface area contributed by atoms with Crippen molar-refractivity contribution in [1.29, 1.82) is 0 Å². The van der Waals surface area contributed by atoms with Crippen molar-refractivity contribution >= 4 is 46.3 Å². The summed E-state index contributed by atoms with van der Waals surface area (Å²) in [4.78, 5) is 25.7. The molecule has 1 atom stereocenters. The average molecular weight is 335 g/mol. The van der Waals surface area contributed by atoms with Crippen molar-refractivity contribution in [3.8, 4) is 0 Å². The molecule has 1 aliphatic rings. The van der Waals surface area contributed by atoms with Crippen LogP contribution in [0.1, 0.15) is 25.0 Å². The number of aryl methyl sites for hydroxylation is 1. The average Bonchev–Trinajstić information content (AvgIpc) is 2.69. The number of carboxylic acid groups (broad SMARTS) is 1. The Morgan fingerprint density at radius 1 is 1.36 bits per heavy atom. The molecule has 0 radical (unpaired) electrons. The fraction of sp³-hybridized carbons (Fsp3) is 0.312. The van der Waals surface area contributed by atoms with E-state index >= 15 is 0 Å². The molecule has 1 aromatic carbocycles. The molecule has 1 amide bonds. The third kappa shape index (κ3) is 3.23. The zero-order valence-corrected chi connectivity index (χ0v) is 14.2. The Hall–Kier alpha value is -1.66. The number of thiocarbonyl (C=S) groups is 1. The number of amides is 1. The van der Waals surface area contributed by atoms with E-state index in [0.29, 0.717) is 9.23 Å². The molecule has 1 unspecified atom stereocenters. The van der Waals surface area contributed by atoms with Crippen LogP contribution < -0.4 is 0 Å². The molecule has 0 bridgehead atoms. The highest BCUT2D eigenvalue weighted by atomic mass is 32.2. The summed E-state index contributed by atoms with van der Waals surface area (Å²) in [5.41, 5.74) is 1.98. The first kappa shape index (κ1) is 16.7. The van der Waals surface area contributed by atoms with Gasteiger partial charge >= 0.3 is 5.97 Å². The highest BCUT2D eigenvalue weighted by molar-refractivity contribution is 8.26. The van der Waals surface area contributed by atoms with E-state index in [0.717, 1.165) is 22.9 Å². The van der Waals surface area contributed by atoms with Crippen LogP contribution >= 0.6 is 24.0 Å². The van der Waals surface area contributed by atoms with Crippen LogP contribution in [0.25, 0.3) is 6.08 Å². The molecule has 6 heteroatoms. The number of thioether (sulfide) groups is 1. The number of benzene rings is 1. The first-order valence-corrected chi connectivity index (χ1v) is 8.11. The van der Waals surface area contributed by atoms with Crippen LogP contribution in [0.5, 0.6) is 0 Å². The van der Waals surface area contributed by atoms with Crippen LogP contribution in [-0.4, -0.2) is 32.2 Å². The monoisotopic (exact) mass is 335 g/mol. The molecule has 1 N–H and O–H groups in total. The minimum atomic E-state index is -1.04. The summed E-state index contributed by atoms with van der Waals surface area (Å²) >= 11 is 6.38. The largest absolute Gasteiger partial charge is 0.480 e. The zero-order valence-electron chi connectivity index (χ0n) is 12.6. The Bertz CT molecular complexity index is 667. The van der Waals surface area contributed by atoms with Crippen molar-refractivity contribution in [2.24, 2.45) is 5.92 Å². The Kier molecular flexibility index (Phi) is 5.03. The highest BCUT2D eigenvalue weighted by Gasteiger charge is 2.41. The topological polar surface area (TPSA) is 57.6 Å². The maximum atomic E-state index is 12.6. The number of aliphatic carboxylic acids is 1. The van der Waals surface area contributed by atoms with Gasteiger partial charge in [0.2, 0.25) is 0 Å². The van der Waals surface area contributed by atoms with Gasteiger partial charge in [0.15, 0.2) is 0 Å². The number of hydrogen-bond acceptors (Lipinski definition) is 4. The van der Waals surface area contributed by atoms with Crippen molar-refractivity contribution in [3.63, 3.8) is 0 Å². The molecule has 22 heavy (non-hydrogen) atoms. The lowest BCUT2D eigenvalue weighted by molar-refractivity contribution is -0.146. The van der Waals surface area contributed by atoms with Crippen molar-refractivity contribution < 1.29 is 14.7 Å². The van der Waals surface area contributed by atoms with E-state index in [1.165, 1.54) is 4.90 Å². The number of carbonyl (C=O) groups is 2. The van der Waals surface area contributed by atoms with E-state index in [4.69, 9.17) is 12.2 Å². The molecular formula is C16H17NO3S2. The molecule has 1 heterocycles. The minimum Gasteiger partial charge on any atom is -0.480 e. The summed E-state index contributed by atoms with van der Waals surface area (Å²) in [5.74, 6) is -1.60. The molecule has 0 saturated carbocycles. The first-order chi connectivity index (χ1) is 10.3. The van der Waals surface area contributed by atoms with Crippen LogP contribution in [0.4, 0.5) is 0 Å². The Labute approximate surface area is 139 Å². The number of nitrogens with zero attached hydrogens (tertiary/aromatic N) is 1. The van der Waals surface area contributed by atoms with Crippen molar-refractivity contribution in [1.82, 2.24) is 4.90 Å². The van der Waals surface area contributed by atoms with Gasteiger partial charge < -0.3 is 5.11 Å². The molecule has 116 valence electrons. The molecule has 1 saturated heterocycles. The third-order valence-corrected chi connectivity index (χ3v) is 4.79. The second-order valence-corrected chi connectivity index (χ2v) is 7.11. The van der Waals surface area contributed by atoms with Gasteiger partial charge in [0.1, 0.15) is 10.4 Å². The molecule has 0 aliphatic carbocycles. The lowest BCUT2D eigenvalue weighted by atomic mass is 10.0. The highest BCUT2D eigenvalue weighted by Crippen LogP contribution is 2.35. The summed E-state index contributed by atoms with van der Waals surface area (Å²) in [6.07, 6.45) is 1.77. The van der Waals surface area contributed by atoms with Gasteiger partial charge in [0.05, 0.1) is 4.91 Å². The van der Waals surface area contributed by atoms with Crippen LogP contribution in [0.2, 0.25) is 0 Å². The SMILES string of the molecule is Cc1ccccc1/C=C1/SC(=S)N(C(C(=O)O)C(C)C)C1=O. The van der Waals surface area contributed by atoms with Crippen LogP contribution in [0.15, 0.2) is 29.2 Å². The molecule has 2 rings (SSSR count). The summed E-state index contributed by atoms with van der Waals surface area (Å²) < 4.78 is 0.297. The number of rotatable bonds is 4. The summed E-state index contributed by atoms with van der Waals surface area (Å²) in [5, 5.41) is 9.38. The van der Waals surface area contributed by atoms with Crippen LogP contribution in [0.3, 0.4) is 0 Å². The standard InChI is InChI=1S/C16H17NO3S2/c1-9(2)13(15(19)20)17-14(18)12(22-16(17)21)8-11-7-5-4-6-10(11)3/h4-9,13H,1-3H3,(H,19,20)/b12-8+. The maximum Gasteiger partial charge on any atom is 0.327 e. The van der Waals surface area contributed by atoms with Gasteiger partial charge in [-0.15, -0.1) is 0 Å². The van der Waals surface area contributed by atoms with Crippen molar-refractivity contribution in [3.05, 3.63) is 40.3 Å². The quantitative estimate of drug-likeness (QED) is 0.676. The number of carbonyl (C=O) groups excluding carboxylic acids is 1. The van der Waals surface area contributed by atoms with Crippen molar-refractivity contribution in [2.45, 2.75) is 26.8 Å². The lowest BCUT2D eigenvalue weighted by Crippen LogP contribution is -2.47. The fourth-order valence-corrected chi connectivity index (χ4v) is 3.62. The lowest BCUT2D eigenvalue weighted by Gasteiger charge is -2.26. The molecule has 1 aliphatic heterocycles. The van der Waals surface area contributed by atoms with Gasteiger partial charge in [0, 0.05) is 0 Å². The normalized spacial score (nSPS) is 18.4. The van der Waals surface area contributed by atoms with E-state index in [9.17, 15) is 14.7 Å².